The highest BCUT2D eigenvalue weighted by molar-refractivity contribution is 6.63. The standard InChI is InChI=1S/C18H16ClNO2/c1-12(13-7-3-2-4-8-13)20-16(11-17(19)21)14-9-5-6-10-15(14)18(20)22/h2-10,12,16H,11H2,1H3/t12-,16+/m0/s1. The number of rotatable bonds is 4. The van der Waals surface area contributed by atoms with E-state index in [1.165, 1.54) is 0 Å². The molecule has 0 spiro atoms. The van der Waals surface area contributed by atoms with Crippen LogP contribution in [-0.2, 0) is 4.79 Å². The number of fused-ring (bicyclic) bond motifs is 1. The number of carbonyl (C=O) groups is 2. The van der Waals surface area contributed by atoms with Gasteiger partial charge in [-0.2, -0.15) is 0 Å². The van der Waals surface area contributed by atoms with Gasteiger partial charge in [-0.25, -0.2) is 0 Å². The zero-order valence-electron chi connectivity index (χ0n) is 12.2. The molecule has 0 bridgehead atoms. The first-order chi connectivity index (χ1) is 10.6. The molecule has 2 aromatic rings. The summed E-state index contributed by atoms with van der Waals surface area (Å²) in [5.74, 6) is -0.0464. The molecule has 1 aliphatic rings. The van der Waals surface area contributed by atoms with Gasteiger partial charge in [-0.3, -0.25) is 9.59 Å². The summed E-state index contributed by atoms with van der Waals surface area (Å²) < 4.78 is 0. The quantitative estimate of drug-likeness (QED) is 0.797. The molecule has 1 amide bonds. The van der Waals surface area contributed by atoms with E-state index in [2.05, 4.69) is 0 Å². The Hall–Kier alpha value is -2.13. The highest BCUT2D eigenvalue weighted by atomic mass is 35.5. The van der Waals surface area contributed by atoms with Crippen molar-refractivity contribution in [1.82, 2.24) is 4.90 Å². The minimum absolute atomic E-state index is 0.0464. The molecule has 2 atom stereocenters. The van der Waals surface area contributed by atoms with Crippen molar-refractivity contribution in [3.05, 3.63) is 71.3 Å². The fourth-order valence-corrected chi connectivity index (χ4v) is 3.26. The smallest absolute Gasteiger partial charge is 0.255 e. The minimum atomic E-state index is -0.431. The molecule has 0 N–H and O–H groups in total. The Morgan fingerprint density at radius 1 is 1.14 bits per heavy atom. The van der Waals surface area contributed by atoms with E-state index < -0.39 is 5.24 Å². The second-order valence-electron chi connectivity index (χ2n) is 5.46. The lowest BCUT2D eigenvalue weighted by atomic mass is 10.0. The maximum atomic E-state index is 12.8. The molecule has 0 saturated carbocycles. The fraction of sp³-hybridized carbons (Fsp3) is 0.222. The van der Waals surface area contributed by atoms with Crippen molar-refractivity contribution in [2.45, 2.75) is 25.4 Å². The monoisotopic (exact) mass is 313 g/mol. The number of halogens is 1. The Kier molecular flexibility index (Phi) is 3.99. The zero-order valence-corrected chi connectivity index (χ0v) is 13.0. The topological polar surface area (TPSA) is 37.4 Å². The van der Waals surface area contributed by atoms with Gasteiger partial charge >= 0.3 is 0 Å². The maximum Gasteiger partial charge on any atom is 0.255 e. The van der Waals surface area contributed by atoms with E-state index >= 15 is 0 Å². The molecule has 0 saturated heterocycles. The summed E-state index contributed by atoms with van der Waals surface area (Å²) in [5, 5.41) is -0.431. The summed E-state index contributed by atoms with van der Waals surface area (Å²) in [5.41, 5.74) is 2.58. The van der Waals surface area contributed by atoms with Crippen molar-refractivity contribution >= 4 is 22.8 Å². The lowest BCUT2D eigenvalue weighted by Gasteiger charge is -2.31. The summed E-state index contributed by atoms with van der Waals surface area (Å²) >= 11 is 5.61. The van der Waals surface area contributed by atoms with Crippen molar-refractivity contribution in [2.75, 3.05) is 0 Å². The first kappa shape index (κ1) is 14.8. The molecule has 0 fully saturated rings. The van der Waals surface area contributed by atoms with E-state index in [-0.39, 0.29) is 24.4 Å². The van der Waals surface area contributed by atoms with Crippen LogP contribution in [0.5, 0.6) is 0 Å². The van der Waals surface area contributed by atoms with Crippen molar-refractivity contribution in [2.24, 2.45) is 0 Å². The molecule has 4 heteroatoms. The number of carbonyl (C=O) groups excluding carboxylic acids is 2. The van der Waals surface area contributed by atoms with Crippen LogP contribution in [0.2, 0.25) is 0 Å². The van der Waals surface area contributed by atoms with Crippen molar-refractivity contribution in [3.63, 3.8) is 0 Å². The molecule has 0 unspecified atom stereocenters. The summed E-state index contributed by atoms with van der Waals surface area (Å²) in [6.45, 7) is 1.98. The molecule has 0 radical (unpaired) electrons. The Morgan fingerprint density at radius 3 is 2.45 bits per heavy atom. The van der Waals surface area contributed by atoms with Gasteiger partial charge in [-0.05, 0) is 35.7 Å². The minimum Gasteiger partial charge on any atom is -0.324 e. The van der Waals surface area contributed by atoms with E-state index in [1.54, 1.807) is 11.0 Å². The molecule has 3 nitrogen and oxygen atoms in total. The molecule has 22 heavy (non-hydrogen) atoms. The summed E-state index contributed by atoms with van der Waals surface area (Å²) in [6, 6.07) is 16.8. The second-order valence-corrected chi connectivity index (χ2v) is 5.88. The molecule has 112 valence electrons. The fourth-order valence-electron chi connectivity index (χ4n) is 3.11. The third kappa shape index (κ3) is 2.53. The SMILES string of the molecule is C[C@@H](c1ccccc1)N1C(=O)c2ccccc2[C@H]1CC(=O)Cl. The molecule has 1 aliphatic heterocycles. The first-order valence-corrected chi connectivity index (χ1v) is 7.62. The first-order valence-electron chi connectivity index (χ1n) is 7.24. The van der Waals surface area contributed by atoms with Crippen LogP contribution in [-0.4, -0.2) is 16.0 Å². The summed E-state index contributed by atoms with van der Waals surface area (Å²) in [4.78, 5) is 26.0. The third-order valence-corrected chi connectivity index (χ3v) is 4.33. The lowest BCUT2D eigenvalue weighted by Crippen LogP contribution is -2.31. The van der Waals surface area contributed by atoms with Crippen LogP contribution in [0.25, 0.3) is 0 Å². The van der Waals surface area contributed by atoms with E-state index in [1.807, 2.05) is 55.5 Å². The van der Waals surface area contributed by atoms with Crippen LogP contribution in [0.15, 0.2) is 54.6 Å². The largest absolute Gasteiger partial charge is 0.324 e. The van der Waals surface area contributed by atoms with Gasteiger partial charge in [0, 0.05) is 12.0 Å². The molecule has 1 heterocycles. The predicted molar refractivity (Wildman–Crippen MR) is 85.7 cm³/mol. The van der Waals surface area contributed by atoms with Gasteiger partial charge in [0.05, 0.1) is 12.1 Å². The molecular weight excluding hydrogens is 298 g/mol. The number of hydrogen-bond acceptors (Lipinski definition) is 2. The number of nitrogens with zero attached hydrogens (tertiary/aromatic N) is 1. The van der Waals surface area contributed by atoms with Gasteiger partial charge in [-0.1, -0.05) is 48.5 Å². The highest BCUT2D eigenvalue weighted by Crippen LogP contribution is 2.41. The molecule has 2 aromatic carbocycles. The molecule has 0 aliphatic carbocycles. The Bertz CT molecular complexity index is 714. The molecule has 0 aromatic heterocycles. The van der Waals surface area contributed by atoms with Crippen LogP contribution in [0.4, 0.5) is 0 Å². The average molecular weight is 314 g/mol. The Labute approximate surface area is 134 Å². The van der Waals surface area contributed by atoms with Crippen LogP contribution in [0.1, 0.15) is 46.9 Å². The van der Waals surface area contributed by atoms with E-state index in [4.69, 9.17) is 11.6 Å². The van der Waals surface area contributed by atoms with Crippen LogP contribution in [0.3, 0.4) is 0 Å². The van der Waals surface area contributed by atoms with Crippen LogP contribution in [0, 0.1) is 0 Å². The normalized spacial score (nSPS) is 18.2. The van der Waals surface area contributed by atoms with Crippen LogP contribution < -0.4 is 0 Å². The summed E-state index contributed by atoms with van der Waals surface area (Å²) in [6.07, 6.45) is 0.126. The molecular formula is C18H16ClNO2. The van der Waals surface area contributed by atoms with Gasteiger partial charge in [0.15, 0.2) is 0 Å². The van der Waals surface area contributed by atoms with Crippen LogP contribution >= 0.6 is 11.6 Å². The lowest BCUT2D eigenvalue weighted by molar-refractivity contribution is -0.112. The van der Waals surface area contributed by atoms with Gasteiger partial charge in [0.2, 0.25) is 5.24 Å². The molecule has 3 rings (SSSR count). The third-order valence-electron chi connectivity index (χ3n) is 4.17. The average Bonchev–Trinajstić information content (AvgIpc) is 2.80. The number of benzene rings is 2. The van der Waals surface area contributed by atoms with Gasteiger partial charge in [0.25, 0.3) is 5.91 Å². The van der Waals surface area contributed by atoms with E-state index in [0.29, 0.717) is 5.56 Å². The van der Waals surface area contributed by atoms with E-state index in [9.17, 15) is 9.59 Å². The van der Waals surface area contributed by atoms with Crippen molar-refractivity contribution in [1.29, 1.82) is 0 Å². The van der Waals surface area contributed by atoms with E-state index in [0.717, 1.165) is 11.1 Å². The highest BCUT2D eigenvalue weighted by Gasteiger charge is 2.40. The van der Waals surface area contributed by atoms with Crippen molar-refractivity contribution in [3.8, 4) is 0 Å². The Morgan fingerprint density at radius 2 is 1.77 bits per heavy atom. The van der Waals surface area contributed by atoms with Crippen molar-refractivity contribution < 1.29 is 9.59 Å². The zero-order chi connectivity index (χ0) is 15.7. The number of amides is 1. The summed E-state index contributed by atoms with van der Waals surface area (Å²) in [7, 11) is 0. The van der Waals surface area contributed by atoms with Gasteiger partial charge in [-0.15, -0.1) is 0 Å². The van der Waals surface area contributed by atoms with Gasteiger partial charge in [0.1, 0.15) is 0 Å². The predicted octanol–water partition coefficient (Wildman–Crippen LogP) is 4.10. The second kappa shape index (κ2) is 5.93. The maximum absolute atomic E-state index is 12.8. The Balaban J connectivity index is 2.02. The van der Waals surface area contributed by atoms with Gasteiger partial charge < -0.3 is 4.90 Å². The number of hydrogen-bond donors (Lipinski definition) is 0.